The molecule has 0 saturated carbocycles. The number of nitrogens with one attached hydrogen (secondary N) is 1. The number of carboxylic acids is 1. The Morgan fingerprint density at radius 3 is 2.59 bits per heavy atom. The summed E-state index contributed by atoms with van der Waals surface area (Å²) in [7, 11) is 0. The molecular formula is C12H14INO3. The molecule has 4 nitrogen and oxygen atoms in total. The molecule has 0 fully saturated rings. The van der Waals surface area contributed by atoms with Crippen molar-refractivity contribution in [3.05, 3.63) is 33.4 Å². The van der Waals surface area contributed by atoms with E-state index in [9.17, 15) is 9.59 Å². The zero-order valence-electron chi connectivity index (χ0n) is 9.44. The zero-order valence-corrected chi connectivity index (χ0v) is 11.6. The SMILES string of the molecule is CC(NC(=O)CCC(=O)O)c1ccccc1I. The molecule has 0 saturated heterocycles. The monoisotopic (exact) mass is 347 g/mol. The van der Waals surface area contributed by atoms with E-state index in [0.29, 0.717) is 0 Å². The van der Waals surface area contributed by atoms with Gasteiger partial charge >= 0.3 is 5.97 Å². The number of amides is 1. The van der Waals surface area contributed by atoms with Crippen molar-refractivity contribution < 1.29 is 14.7 Å². The van der Waals surface area contributed by atoms with Gasteiger partial charge in [-0.15, -0.1) is 0 Å². The van der Waals surface area contributed by atoms with Crippen molar-refractivity contribution in [1.82, 2.24) is 5.32 Å². The fourth-order valence-electron chi connectivity index (χ4n) is 1.44. The standard InChI is InChI=1S/C12H14INO3/c1-8(9-4-2-3-5-10(9)13)14-11(15)6-7-12(16)17/h2-5,8H,6-7H2,1H3,(H,14,15)(H,16,17). The molecular weight excluding hydrogens is 333 g/mol. The summed E-state index contributed by atoms with van der Waals surface area (Å²) >= 11 is 2.21. The number of aliphatic carboxylic acids is 1. The molecule has 0 aliphatic carbocycles. The summed E-state index contributed by atoms with van der Waals surface area (Å²) in [5.74, 6) is -1.19. The Balaban J connectivity index is 2.55. The van der Waals surface area contributed by atoms with E-state index in [2.05, 4.69) is 27.9 Å². The second-order valence-corrected chi connectivity index (χ2v) is 4.87. The lowest BCUT2D eigenvalue weighted by atomic mass is 10.1. The van der Waals surface area contributed by atoms with E-state index in [-0.39, 0.29) is 24.8 Å². The van der Waals surface area contributed by atoms with Gasteiger partial charge in [-0.05, 0) is 41.1 Å². The maximum absolute atomic E-state index is 11.5. The van der Waals surface area contributed by atoms with Crippen molar-refractivity contribution in [2.75, 3.05) is 0 Å². The molecule has 1 aromatic carbocycles. The van der Waals surface area contributed by atoms with Crippen LogP contribution in [0.5, 0.6) is 0 Å². The predicted molar refractivity (Wildman–Crippen MR) is 72.6 cm³/mol. The van der Waals surface area contributed by atoms with Crippen LogP contribution in [0.25, 0.3) is 0 Å². The molecule has 5 heteroatoms. The van der Waals surface area contributed by atoms with Crippen molar-refractivity contribution in [1.29, 1.82) is 0 Å². The molecule has 0 aromatic heterocycles. The van der Waals surface area contributed by atoms with Crippen LogP contribution < -0.4 is 5.32 Å². The predicted octanol–water partition coefficient (Wildman–Crippen LogP) is 2.33. The molecule has 0 aliphatic heterocycles. The van der Waals surface area contributed by atoms with E-state index >= 15 is 0 Å². The summed E-state index contributed by atoms with van der Waals surface area (Å²) in [6.07, 6.45) is -0.118. The number of halogens is 1. The minimum absolute atomic E-state index is 0.0170. The fourth-order valence-corrected chi connectivity index (χ4v) is 2.29. The maximum atomic E-state index is 11.5. The Hall–Kier alpha value is -1.11. The molecule has 1 amide bonds. The molecule has 0 radical (unpaired) electrons. The van der Waals surface area contributed by atoms with E-state index < -0.39 is 5.97 Å². The van der Waals surface area contributed by atoms with Gasteiger partial charge in [-0.25, -0.2) is 0 Å². The fraction of sp³-hybridized carbons (Fsp3) is 0.333. The van der Waals surface area contributed by atoms with E-state index in [0.717, 1.165) is 9.13 Å². The average molecular weight is 347 g/mol. The molecule has 92 valence electrons. The molecule has 1 rings (SSSR count). The van der Waals surface area contributed by atoms with Crippen molar-refractivity contribution in [2.45, 2.75) is 25.8 Å². The summed E-state index contributed by atoms with van der Waals surface area (Å²) in [6, 6.07) is 7.66. The lowest BCUT2D eigenvalue weighted by Gasteiger charge is -2.15. The van der Waals surface area contributed by atoms with Crippen LogP contribution in [0.2, 0.25) is 0 Å². The van der Waals surface area contributed by atoms with E-state index in [1.807, 2.05) is 31.2 Å². The third-order valence-electron chi connectivity index (χ3n) is 2.32. The summed E-state index contributed by atoms with van der Waals surface area (Å²) in [6.45, 7) is 1.89. The van der Waals surface area contributed by atoms with Gasteiger partial charge in [0.2, 0.25) is 5.91 Å². The highest BCUT2D eigenvalue weighted by atomic mass is 127. The van der Waals surface area contributed by atoms with Crippen molar-refractivity contribution in [2.24, 2.45) is 0 Å². The van der Waals surface area contributed by atoms with E-state index in [1.165, 1.54) is 0 Å². The van der Waals surface area contributed by atoms with E-state index in [1.54, 1.807) is 0 Å². The molecule has 1 aromatic rings. The second kappa shape index (κ2) is 6.58. The number of rotatable bonds is 5. The Morgan fingerprint density at radius 1 is 1.35 bits per heavy atom. The summed E-state index contributed by atoms with van der Waals surface area (Å²) in [5, 5.41) is 11.3. The van der Waals surface area contributed by atoms with Crippen LogP contribution in [-0.4, -0.2) is 17.0 Å². The van der Waals surface area contributed by atoms with Crippen LogP contribution in [0.3, 0.4) is 0 Å². The number of carbonyl (C=O) groups is 2. The minimum atomic E-state index is -0.956. The van der Waals surface area contributed by atoms with Gasteiger partial charge < -0.3 is 10.4 Å². The second-order valence-electron chi connectivity index (χ2n) is 3.70. The average Bonchev–Trinajstić information content (AvgIpc) is 2.26. The first kappa shape index (κ1) is 14.0. The lowest BCUT2D eigenvalue weighted by molar-refractivity contribution is -0.138. The first-order valence-electron chi connectivity index (χ1n) is 5.26. The molecule has 2 N–H and O–H groups in total. The first-order valence-corrected chi connectivity index (χ1v) is 6.34. The number of carboxylic acid groups (broad SMARTS) is 1. The molecule has 0 bridgehead atoms. The Morgan fingerprint density at radius 2 is 2.00 bits per heavy atom. The van der Waals surface area contributed by atoms with Gasteiger partial charge in [0.05, 0.1) is 12.5 Å². The quantitative estimate of drug-likeness (QED) is 0.804. The van der Waals surface area contributed by atoms with Gasteiger partial charge in [0.25, 0.3) is 0 Å². The van der Waals surface area contributed by atoms with Gasteiger partial charge in [-0.2, -0.15) is 0 Å². The van der Waals surface area contributed by atoms with Crippen molar-refractivity contribution in [3.63, 3.8) is 0 Å². The topological polar surface area (TPSA) is 66.4 Å². The van der Waals surface area contributed by atoms with Crippen LogP contribution in [0.4, 0.5) is 0 Å². The molecule has 0 heterocycles. The number of hydrogen-bond acceptors (Lipinski definition) is 2. The maximum Gasteiger partial charge on any atom is 0.303 e. The Kier molecular flexibility index (Phi) is 5.40. The van der Waals surface area contributed by atoms with Crippen LogP contribution in [0, 0.1) is 3.57 Å². The summed E-state index contributed by atoms with van der Waals surface area (Å²) < 4.78 is 1.08. The van der Waals surface area contributed by atoms with Crippen molar-refractivity contribution in [3.8, 4) is 0 Å². The summed E-state index contributed by atoms with van der Waals surface area (Å²) in [5.41, 5.74) is 1.04. The smallest absolute Gasteiger partial charge is 0.303 e. The molecule has 17 heavy (non-hydrogen) atoms. The largest absolute Gasteiger partial charge is 0.481 e. The van der Waals surface area contributed by atoms with Gasteiger partial charge in [-0.1, -0.05) is 18.2 Å². The lowest BCUT2D eigenvalue weighted by Crippen LogP contribution is -2.27. The number of carbonyl (C=O) groups excluding carboxylic acids is 1. The van der Waals surface area contributed by atoms with E-state index in [4.69, 9.17) is 5.11 Å². The van der Waals surface area contributed by atoms with Crippen LogP contribution in [-0.2, 0) is 9.59 Å². The van der Waals surface area contributed by atoms with Crippen molar-refractivity contribution >= 4 is 34.5 Å². The number of benzene rings is 1. The highest BCUT2D eigenvalue weighted by Crippen LogP contribution is 2.19. The van der Waals surface area contributed by atoms with Gasteiger partial charge in [0.1, 0.15) is 0 Å². The minimum Gasteiger partial charge on any atom is -0.481 e. The number of hydrogen-bond donors (Lipinski definition) is 2. The van der Waals surface area contributed by atoms with Gasteiger partial charge in [0.15, 0.2) is 0 Å². The van der Waals surface area contributed by atoms with Gasteiger partial charge in [-0.3, -0.25) is 9.59 Å². The molecule has 1 atom stereocenters. The van der Waals surface area contributed by atoms with Crippen LogP contribution in [0.15, 0.2) is 24.3 Å². The zero-order chi connectivity index (χ0) is 12.8. The Bertz CT molecular complexity index is 420. The normalized spacial score (nSPS) is 11.9. The van der Waals surface area contributed by atoms with Gasteiger partial charge in [0, 0.05) is 9.99 Å². The third kappa shape index (κ3) is 4.72. The van der Waals surface area contributed by atoms with Crippen LogP contribution >= 0.6 is 22.6 Å². The Labute approximate surface area is 114 Å². The highest BCUT2D eigenvalue weighted by Gasteiger charge is 2.12. The summed E-state index contributed by atoms with van der Waals surface area (Å²) in [4.78, 5) is 21.8. The van der Waals surface area contributed by atoms with Crippen LogP contribution in [0.1, 0.15) is 31.4 Å². The molecule has 1 unspecified atom stereocenters. The third-order valence-corrected chi connectivity index (χ3v) is 3.30. The first-order chi connectivity index (χ1) is 8.00. The highest BCUT2D eigenvalue weighted by molar-refractivity contribution is 14.1. The molecule has 0 aliphatic rings. The molecule has 0 spiro atoms.